The summed E-state index contributed by atoms with van der Waals surface area (Å²) in [6.45, 7) is 1.82. The quantitative estimate of drug-likeness (QED) is 0.822. The molecule has 1 aromatic rings. The maximum Gasteiger partial charge on any atom is 0.0805 e. The van der Waals surface area contributed by atoms with Crippen LogP contribution < -0.4 is 0 Å². The Morgan fingerprint density at radius 3 is 2.48 bits per heavy atom. The second kappa shape index (κ2) is 8.54. The summed E-state index contributed by atoms with van der Waals surface area (Å²) in [7, 11) is 2.08. The Kier molecular flexibility index (Phi) is 7.40. The number of aliphatic hydroxyl groups excluding tert-OH is 2. The van der Waals surface area contributed by atoms with Crippen LogP contribution >= 0.6 is 12.4 Å². The summed E-state index contributed by atoms with van der Waals surface area (Å²) < 4.78 is 0. The summed E-state index contributed by atoms with van der Waals surface area (Å²) in [5, 5.41) is 19.9. The minimum absolute atomic E-state index is 0. The van der Waals surface area contributed by atoms with E-state index in [0.717, 1.165) is 24.8 Å². The van der Waals surface area contributed by atoms with E-state index < -0.39 is 6.10 Å². The van der Waals surface area contributed by atoms with Gasteiger partial charge in [0.1, 0.15) is 0 Å². The first kappa shape index (κ1) is 18.2. The molecule has 0 saturated heterocycles. The molecule has 1 aliphatic rings. The highest BCUT2D eigenvalue weighted by molar-refractivity contribution is 5.85. The first-order valence-electron chi connectivity index (χ1n) is 7.37. The minimum Gasteiger partial charge on any atom is -0.393 e. The van der Waals surface area contributed by atoms with E-state index >= 15 is 0 Å². The second-order valence-corrected chi connectivity index (χ2v) is 5.80. The fourth-order valence-corrected chi connectivity index (χ4v) is 2.89. The van der Waals surface area contributed by atoms with Crippen LogP contribution in [0, 0.1) is 0 Å². The number of hydrogen-bond acceptors (Lipinski definition) is 3. The SMILES string of the molecule is C[C@@H](O)C[C@@H]1C=CC[C@@H](C[C@H](O)c2ccccc2)N1C.Cl. The highest BCUT2D eigenvalue weighted by Crippen LogP contribution is 2.27. The van der Waals surface area contributed by atoms with Crippen molar-refractivity contribution >= 4 is 12.4 Å². The molecule has 0 spiro atoms. The van der Waals surface area contributed by atoms with Crippen molar-refractivity contribution in [2.45, 2.75) is 50.5 Å². The van der Waals surface area contributed by atoms with Crippen LogP contribution in [0.25, 0.3) is 0 Å². The van der Waals surface area contributed by atoms with Gasteiger partial charge in [0.25, 0.3) is 0 Å². The molecule has 4 heteroatoms. The average Bonchev–Trinajstić information content (AvgIpc) is 2.43. The maximum atomic E-state index is 10.4. The van der Waals surface area contributed by atoms with E-state index in [4.69, 9.17) is 0 Å². The molecule has 1 heterocycles. The molecule has 0 aromatic heterocycles. The van der Waals surface area contributed by atoms with E-state index in [1.165, 1.54) is 0 Å². The van der Waals surface area contributed by atoms with E-state index in [2.05, 4.69) is 24.1 Å². The lowest BCUT2D eigenvalue weighted by atomic mass is 9.93. The summed E-state index contributed by atoms with van der Waals surface area (Å²) in [5.74, 6) is 0. The third kappa shape index (κ3) is 5.11. The van der Waals surface area contributed by atoms with Gasteiger partial charge in [0, 0.05) is 12.1 Å². The molecule has 0 radical (unpaired) electrons. The number of halogens is 1. The highest BCUT2D eigenvalue weighted by atomic mass is 35.5. The van der Waals surface area contributed by atoms with Crippen LogP contribution in [0.2, 0.25) is 0 Å². The predicted octanol–water partition coefficient (Wildman–Crippen LogP) is 2.93. The first-order valence-corrected chi connectivity index (χ1v) is 7.37. The minimum atomic E-state index is -0.428. The molecule has 4 atom stereocenters. The predicted molar refractivity (Wildman–Crippen MR) is 88.7 cm³/mol. The van der Waals surface area contributed by atoms with Gasteiger partial charge in [0.15, 0.2) is 0 Å². The van der Waals surface area contributed by atoms with Crippen molar-refractivity contribution in [2.24, 2.45) is 0 Å². The van der Waals surface area contributed by atoms with Crippen molar-refractivity contribution < 1.29 is 10.2 Å². The molecule has 1 aromatic carbocycles. The van der Waals surface area contributed by atoms with Crippen molar-refractivity contribution in [3.8, 4) is 0 Å². The second-order valence-electron chi connectivity index (χ2n) is 5.80. The standard InChI is InChI=1S/C17H25NO2.ClH/c1-13(19)11-15-9-6-10-16(18(15)2)12-17(20)14-7-4-3-5-8-14;/h3-9,13,15-17,19-20H,10-12H2,1-2H3;1H/t13-,15+,16+,17+;/m1./s1. The van der Waals surface area contributed by atoms with Crippen molar-refractivity contribution in [2.75, 3.05) is 7.05 Å². The third-order valence-electron chi connectivity index (χ3n) is 4.13. The average molecular weight is 312 g/mol. The van der Waals surface area contributed by atoms with Crippen LogP contribution in [-0.2, 0) is 0 Å². The van der Waals surface area contributed by atoms with E-state index in [-0.39, 0.29) is 24.6 Å². The normalized spacial score (nSPS) is 25.1. The molecule has 0 saturated carbocycles. The number of benzene rings is 1. The molecule has 21 heavy (non-hydrogen) atoms. The van der Waals surface area contributed by atoms with Gasteiger partial charge < -0.3 is 10.2 Å². The molecule has 2 rings (SSSR count). The molecule has 0 amide bonds. The molecule has 0 unspecified atom stereocenters. The third-order valence-corrected chi connectivity index (χ3v) is 4.13. The van der Waals surface area contributed by atoms with Gasteiger partial charge in [-0.3, -0.25) is 4.90 Å². The van der Waals surface area contributed by atoms with E-state index in [0.29, 0.717) is 6.04 Å². The summed E-state index contributed by atoms with van der Waals surface area (Å²) >= 11 is 0. The number of hydrogen-bond donors (Lipinski definition) is 2. The zero-order valence-electron chi connectivity index (χ0n) is 12.7. The molecular formula is C17H26ClNO2. The van der Waals surface area contributed by atoms with Crippen molar-refractivity contribution in [1.82, 2.24) is 4.90 Å². The maximum absolute atomic E-state index is 10.4. The zero-order valence-corrected chi connectivity index (χ0v) is 13.5. The summed E-state index contributed by atoms with van der Waals surface area (Å²) in [6.07, 6.45) is 6.03. The summed E-state index contributed by atoms with van der Waals surface area (Å²) in [4.78, 5) is 2.28. The van der Waals surface area contributed by atoms with Gasteiger partial charge in [-0.25, -0.2) is 0 Å². The van der Waals surface area contributed by atoms with E-state index in [9.17, 15) is 10.2 Å². The van der Waals surface area contributed by atoms with Gasteiger partial charge >= 0.3 is 0 Å². The van der Waals surface area contributed by atoms with Gasteiger partial charge in [-0.1, -0.05) is 42.5 Å². The van der Waals surface area contributed by atoms with Crippen LogP contribution in [0.15, 0.2) is 42.5 Å². The largest absolute Gasteiger partial charge is 0.393 e. The Labute approximate surface area is 133 Å². The topological polar surface area (TPSA) is 43.7 Å². The number of rotatable bonds is 5. The van der Waals surface area contributed by atoms with Crippen LogP contribution in [0.4, 0.5) is 0 Å². The number of likely N-dealkylation sites (N-methyl/N-ethyl adjacent to an activating group) is 1. The monoisotopic (exact) mass is 311 g/mol. The Hall–Kier alpha value is -0.870. The van der Waals surface area contributed by atoms with Gasteiger partial charge in [0.2, 0.25) is 0 Å². The zero-order chi connectivity index (χ0) is 14.5. The van der Waals surface area contributed by atoms with Crippen molar-refractivity contribution in [3.63, 3.8) is 0 Å². The molecule has 0 bridgehead atoms. The Balaban J connectivity index is 0.00000220. The van der Waals surface area contributed by atoms with Gasteiger partial charge in [0.05, 0.1) is 12.2 Å². The molecular weight excluding hydrogens is 286 g/mol. The molecule has 2 N–H and O–H groups in total. The lowest BCUT2D eigenvalue weighted by Crippen LogP contribution is -2.43. The Morgan fingerprint density at radius 2 is 1.86 bits per heavy atom. The molecule has 0 aliphatic carbocycles. The lowest BCUT2D eigenvalue weighted by molar-refractivity contribution is 0.0783. The smallest absolute Gasteiger partial charge is 0.0805 e. The van der Waals surface area contributed by atoms with E-state index in [1.54, 1.807) is 0 Å². The summed E-state index contributed by atoms with van der Waals surface area (Å²) in [6, 6.07) is 10.4. The molecule has 3 nitrogen and oxygen atoms in total. The van der Waals surface area contributed by atoms with Crippen molar-refractivity contribution in [3.05, 3.63) is 48.0 Å². The van der Waals surface area contributed by atoms with Gasteiger partial charge in [-0.15, -0.1) is 12.4 Å². The molecule has 0 fully saturated rings. The van der Waals surface area contributed by atoms with Crippen LogP contribution in [0.5, 0.6) is 0 Å². The fraction of sp³-hybridized carbons (Fsp3) is 0.529. The number of aliphatic hydroxyl groups is 2. The van der Waals surface area contributed by atoms with Gasteiger partial charge in [-0.2, -0.15) is 0 Å². The van der Waals surface area contributed by atoms with Crippen LogP contribution in [0.1, 0.15) is 37.9 Å². The first-order chi connectivity index (χ1) is 9.58. The Bertz CT molecular complexity index is 436. The molecule has 118 valence electrons. The number of nitrogens with zero attached hydrogens (tertiary/aromatic N) is 1. The van der Waals surface area contributed by atoms with E-state index in [1.807, 2.05) is 37.3 Å². The lowest BCUT2D eigenvalue weighted by Gasteiger charge is -2.38. The Morgan fingerprint density at radius 1 is 1.19 bits per heavy atom. The molecule has 1 aliphatic heterocycles. The van der Waals surface area contributed by atoms with Crippen LogP contribution in [-0.4, -0.2) is 40.3 Å². The van der Waals surface area contributed by atoms with Crippen molar-refractivity contribution in [1.29, 1.82) is 0 Å². The summed E-state index contributed by atoms with van der Waals surface area (Å²) in [5.41, 5.74) is 0.975. The highest BCUT2D eigenvalue weighted by Gasteiger charge is 2.27. The van der Waals surface area contributed by atoms with Crippen LogP contribution in [0.3, 0.4) is 0 Å². The van der Waals surface area contributed by atoms with Gasteiger partial charge in [-0.05, 0) is 38.8 Å². The fourth-order valence-electron chi connectivity index (χ4n) is 2.89.